The molecule has 0 saturated heterocycles. The molecule has 20 heavy (non-hydrogen) atoms. The number of fused-ring (bicyclic) bond motifs is 3. The first-order valence-electron chi connectivity index (χ1n) is 6.68. The Morgan fingerprint density at radius 1 is 1.25 bits per heavy atom. The summed E-state index contributed by atoms with van der Waals surface area (Å²) in [5.41, 5.74) is 2.72. The summed E-state index contributed by atoms with van der Waals surface area (Å²) in [6, 6.07) is 8.02. The lowest BCUT2D eigenvalue weighted by Crippen LogP contribution is -2.26. The van der Waals surface area contributed by atoms with Crippen molar-refractivity contribution in [3.05, 3.63) is 36.7 Å². The number of hydrogen-bond donors (Lipinski definition) is 0. The van der Waals surface area contributed by atoms with Crippen LogP contribution in [0.3, 0.4) is 0 Å². The highest BCUT2D eigenvalue weighted by Gasteiger charge is 2.19. The Balaban J connectivity index is 1.90. The smallest absolute Gasteiger partial charge is 0.160 e. The van der Waals surface area contributed by atoms with Gasteiger partial charge in [-0.25, -0.2) is 5.01 Å². The van der Waals surface area contributed by atoms with Crippen molar-refractivity contribution in [2.75, 3.05) is 18.2 Å². The average Bonchev–Trinajstić information content (AvgIpc) is 3.11. The first-order valence-corrected chi connectivity index (χ1v) is 6.68. The number of pyridine rings is 1. The molecule has 0 atom stereocenters. The van der Waals surface area contributed by atoms with Crippen LogP contribution in [-0.2, 0) is 0 Å². The molecule has 100 valence electrons. The van der Waals surface area contributed by atoms with E-state index in [1.165, 1.54) is 0 Å². The summed E-state index contributed by atoms with van der Waals surface area (Å²) in [6.07, 6.45) is 5.46. The van der Waals surface area contributed by atoms with Crippen molar-refractivity contribution in [1.29, 1.82) is 0 Å². The molecule has 0 saturated carbocycles. The summed E-state index contributed by atoms with van der Waals surface area (Å²) < 4.78 is 5.99. The molecule has 0 N–H and O–H groups in total. The van der Waals surface area contributed by atoms with E-state index in [0.717, 1.165) is 40.8 Å². The highest BCUT2D eigenvalue weighted by molar-refractivity contribution is 6.08. The van der Waals surface area contributed by atoms with Crippen molar-refractivity contribution in [2.24, 2.45) is 5.10 Å². The Kier molecular flexibility index (Phi) is 2.39. The third kappa shape index (κ3) is 1.56. The molecule has 0 fully saturated rings. The van der Waals surface area contributed by atoms with Crippen LogP contribution < -0.4 is 5.01 Å². The van der Waals surface area contributed by atoms with Crippen LogP contribution in [0.4, 0.5) is 5.69 Å². The maximum absolute atomic E-state index is 5.99. The predicted octanol–water partition coefficient (Wildman–Crippen LogP) is 3.02. The normalized spacial score (nSPS) is 14.8. The van der Waals surface area contributed by atoms with Crippen LogP contribution in [0.25, 0.3) is 21.9 Å². The van der Waals surface area contributed by atoms with E-state index < -0.39 is 0 Å². The van der Waals surface area contributed by atoms with Crippen molar-refractivity contribution >= 4 is 34.0 Å². The molecule has 0 spiro atoms. The fraction of sp³-hybridized carbons (Fsp3) is 0.200. The zero-order chi connectivity index (χ0) is 13.5. The lowest BCUT2D eigenvalue weighted by Gasteiger charge is -2.17. The number of rotatable bonds is 2. The SMILES string of the molecule is CCN1C=NN(c2cccc3c2oc2ccncc23)C1. The Morgan fingerprint density at radius 2 is 2.20 bits per heavy atom. The first-order chi connectivity index (χ1) is 9.86. The fourth-order valence-corrected chi connectivity index (χ4v) is 2.53. The van der Waals surface area contributed by atoms with Crippen molar-refractivity contribution in [3.63, 3.8) is 0 Å². The second kappa shape index (κ2) is 4.23. The van der Waals surface area contributed by atoms with Crippen LogP contribution >= 0.6 is 0 Å². The van der Waals surface area contributed by atoms with Crippen LogP contribution in [-0.4, -0.2) is 29.4 Å². The summed E-state index contributed by atoms with van der Waals surface area (Å²) in [7, 11) is 0. The topological polar surface area (TPSA) is 44.9 Å². The van der Waals surface area contributed by atoms with Gasteiger partial charge in [-0.2, -0.15) is 5.10 Å². The molecule has 4 rings (SSSR count). The standard InChI is InChI=1S/C15H14N4O/c1-2-18-9-17-19(10-18)13-5-3-4-11-12-8-16-7-6-14(12)20-15(11)13/h3-9H,2,10H2,1H3. The van der Waals surface area contributed by atoms with E-state index in [1.807, 2.05) is 35.7 Å². The molecule has 5 nitrogen and oxygen atoms in total. The van der Waals surface area contributed by atoms with Gasteiger partial charge in [-0.15, -0.1) is 0 Å². The predicted molar refractivity (Wildman–Crippen MR) is 79.7 cm³/mol. The van der Waals surface area contributed by atoms with Gasteiger partial charge in [-0.1, -0.05) is 12.1 Å². The molecular formula is C15H14N4O. The minimum absolute atomic E-state index is 0.755. The summed E-state index contributed by atoms with van der Waals surface area (Å²) in [6.45, 7) is 3.81. The molecule has 0 aliphatic carbocycles. The second-order valence-corrected chi connectivity index (χ2v) is 4.80. The van der Waals surface area contributed by atoms with Gasteiger partial charge < -0.3 is 9.32 Å². The largest absolute Gasteiger partial charge is 0.454 e. The number of furan rings is 1. The minimum atomic E-state index is 0.755. The number of hydrazone groups is 1. The Labute approximate surface area is 116 Å². The van der Waals surface area contributed by atoms with Crippen LogP contribution in [0.5, 0.6) is 0 Å². The van der Waals surface area contributed by atoms with Crippen LogP contribution in [0, 0.1) is 0 Å². The number of aromatic nitrogens is 1. The third-order valence-electron chi connectivity index (χ3n) is 3.63. The first kappa shape index (κ1) is 11.3. The Bertz CT molecular complexity index is 808. The molecule has 0 unspecified atom stereocenters. The van der Waals surface area contributed by atoms with Crippen molar-refractivity contribution in [3.8, 4) is 0 Å². The summed E-state index contributed by atoms with van der Waals surface area (Å²) >= 11 is 0. The maximum atomic E-state index is 5.99. The minimum Gasteiger partial charge on any atom is -0.454 e. The molecule has 3 heterocycles. The third-order valence-corrected chi connectivity index (χ3v) is 3.63. The van der Waals surface area contributed by atoms with Gasteiger partial charge in [0.1, 0.15) is 24.3 Å². The zero-order valence-corrected chi connectivity index (χ0v) is 11.2. The van der Waals surface area contributed by atoms with Gasteiger partial charge in [0.2, 0.25) is 0 Å². The van der Waals surface area contributed by atoms with Crippen molar-refractivity contribution in [1.82, 2.24) is 9.88 Å². The van der Waals surface area contributed by atoms with E-state index in [0.29, 0.717) is 0 Å². The van der Waals surface area contributed by atoms with E-state index in [4.69, 9.17) is 4.42 Å². The molecule has 0 amide bonds. The quantitative estimate of drug-likeness (QED) is 0.715. The molecule has 1 aliphatic heterocycles. The van der Waals surface area contributed by atoms with E-state index in [1.54, 1.807) is 6.20 Å². The molecule has 1 aromatic carbocycles. The number of nitrogens with zero attached hydrogens (tertiary/aromatic N) is 4. The van der Waals surface area contributed by atoms with Gasteiger partial charge in [0.25, 0.3) is 0 Å². The average molecular weight is 266 g/mol. The van der Waals surface area contributed by atoms with Crippen LogP contribution in [0.2, 0.25) is 0 Å². The maximum Gasteiger partial charge on any atom is 0.160 e. The van der Waals surface area contributed by atoms with Gasteiger partial charge in [-0.3, -0.25) is 4.98 Å². The Morgan fingerprint density at radius 3 is 3.05 bits per heavy atom. The number of para-hydroxylation sites is 1. The van der Waals surface area contributed by atoms with Crippen LogP contribution in [0.15, 0.2) is 46.2 Å². The summed E-state index contributed by atoms with van der Waals surface area (Å²) in [5, 5.41) is 8.52. The monoisotopic (exact) mass is 266 g/mol. The van der Waals surface area contributed by atoms with Gasteiger partial charge in [0.15, 0.2) is 5.58 Å². The molecule has 3 aromatic rings. The van der Waals surface area contributed by atoms with Gasteiger partial charge in [0.05, 0.1) is 0 Å². The van der Waals surface area contributed by atoms with E-state index in [2.05, 4.69) is 28.0 Å². The molecule has 2 aromatic heterocycles. The van der Waals surface area contributed by atoms with Gasteiger partial charge >= 0.3 is 0 Å². The van der Waals surface area contributed by atoms with Gasteiger partial charge in [-0.05, 0) is 19.1 Å². The fourth-order valence-electron chi connectivity index (χ4n) is 2.53. The molecule has 5 heteroatoms. The second-order valence-electron chi connectivity index (χ2n) is 4.80. The van der Waals surface area contributed by atoms with Gasteiger partial charge in [0, 0.05) is 29.7 Å². The number of anilines is 1. The molecule has 1 aliphatic rings. The molecule has 0 bridgehead atoms. The van der Waals surface area contributed by atoms with E-state index in [-0.39, 0.29) is 0 Å². The number of hydrogen-bond acceptors (Lipinski definition) is 5. The zero-order valence-electron chi connectivity index (χ0n) is 11.2. The van der Waals surface area contributed by atoms with Crippen molar-refractivity contribution in [2.45, 2.75) is 6.92 Å². The van der Waals surface area contributed by atoms with Crippen molar-refractivity contribution < 1.29 is 4.42 Å². The number of benzene rings is 1. The lowest BCUT2D eigenvalue weighted by molar-refractivity contribution is 0.481. The van der Waals surface area contributed by atoms with E-state index in [9.17, 15) is 0 Å². The summed E-state index contributed by atoms with van der Waals surface area (Å²) in [4.78, 5) is 6.32. The summed E-state index contributed by atoms with van der Waals surface area (Å²) in [5.74, 6) is 0. The highest BCUT2D eigenvalue weighted by atomic mass is 16.3. The lowest BCUT2D eigenvalue weighted by atomic mass is 10.2. The highest BCUT2D eigenvalue weighted by Crippen LogP contribution is 2.35. The molecule has 0 radical (unpaired) electrons. The van der Waals surface area contributed by atoms with E-state index >= 15 is 0 Å². The Hall–Kier alpha value is -2.56. The molecular weight excluding hydrogens is 252 g/mol. The van der Waals surface area contributed by atoms with Crippen LogP contribution in [0.1, 0.15) is 6.92 Å².